The summed E-state index contributed by atoms with van der Waals surface area (Å²) in [6.07, 6.45) is -3.44. The Morgan fingerprint density at radius 1 is 0.921 bits per heavy atom. The molecule has 0 bridgehead atoms. The Hall–Kier alpha value is -3.69. The van der Waals surface area contributed by atoms with E-state index in [1.807, 2.05) is 37.6 Å². The van der Waals surface area contributed by atoms with Crippen molar-refractivity contribution in [1.29, 1.82) is 0 Å². The number of anilines is 2. The summed E-state index contributed by atoms with van der Waals surface area (Å²) >= 11 is 0. The molecule has 2 aliphatic rings. The summed E-state index contributed by atoms with van der Waals surface area (Å²) in [6.45, 7) is 7.28. The van der Waals surface area contributed by atoms with E-state index in [0.29, 0.717) is 0 Å². The van der Waals surface area contributed by atoms with Crippen molar-refractivity contribution in [1.82, 2.24) is 15.0 Å². The highest BCUT2D eigenvalue weighted by Gasteiger charge is 2.42. The van der Waals surface area contributed by atoms with Crippen molar-refractivity contribution >= 4 is 23.7 Å². The van der Waals surface area contributed by atoms with Crippen LogP contribution in [0.15, 0.2) is 36.8 Å². The van der Waals surface area contributed by atoms with Crippen LogP contribution in [0.5, 0.6) is 0 Å². The van der Waals surface area contributed by atoms with Gasteiger partial charge in [0.25, 0.3) is 0 Å². The molecule has 0 aliphatic carbocycles. The summed E-state index contributed by atoms with van der Waals surface area (Å²) < 4.78 is 69.4. The number of halogens is 6. The van der Waals surface area contributed by atoms with Crippen LogP contribution in [-0.2, 0) is 14.3 Å². The number of carbonyl (C=O) groups is 2. The fraction of sp³-hybridized carbons (Fsp3) is 0.500. The molecule has 1 atom stereocenters. The van der Waals surface area contributed by atoms with Gasteiger partial charge in [-0.25, -0.2) is 24.5 Å². The number of hydrogen-bond acceptors (Lipinski definition) is 8. The number of hydrogen-bond donors (Lipinski definition) is 2. The van der Waals surface area contributed by atoms with Crippen LogP contribution >= 0.6 is 0 Å². The number of aliphatic carboxylic acids is 2. The van der Waals surface area contributed by atoms with E-state index in [2.05, 4.69) is 30.8 Å². The highest BCUT2D eigenvalue weighted by atomic mass is 19.4. The summed E-state index contributed by atoms with van der Waals surface area (Å²) in [6, 6.07) is 6.08. The minimum atomic E-state index is -5.08. The van der Waals surface area contributed by atoms with E-state index < -0.39 is 24.3 Å². The molecule has 0 saturated carbocycles. The zero-order valence-corrected chi connectivity index (χ0v) is 20.0. The normalized spacial score (nSPS) is 19.6. The summed E-state index contributed by atoms with van der Waals surface area (Å²) in [7, 11) is 0. The molecule has 1 spiro atoms. The van der Waals surface area contributed by atoms with Gasteiger partial charge in [0, 0.05) is 50.2 Å². The van der Waals surface area contributed by atoms with Crippen molar-refractivity contribution in [3.05, 3.63) is 42.4 Å². The van der Waals surface area contributed by atoms with Gasteiger partial charge >= 0.3 is 24.3 Å². The Bertz CT molecular complexity index is 1030. The predicted octanol–water partition coefficient (Wildman–Crippen LogP) is 3.18. The van der Waals surface area contributed by atoms with Crippen LogP contribution in [0.3, 0.4) is 0 Å². The third kappa shape index (κ3) is 9.32. The van der Waals surface area contributed by atoms with Crippen molar-refractivity contribution in [2.24, 2.45) is 5.41 Å². The molecule has 38 heavy (non-hydrogen) atoms. The molecule has 2 aliphatic heterocycles. The van der Waals surface area contributed by atoms with Gasteiger partial charge in [-0.15, -0.1) is 0 Å². The largest absolute Gasteiger partial charge is 0.490 e. The first-order valence-electron chi connectivity index (χ1n) is 11.0. The quantitative estimate of drug-likeness (QED) is 0.535. The number of rotatable bonds is 2. The summed E-state index contributed by atoms with van der Waals surface area (Å²) in [5.41, 5.74) is 1.20. The van der Waals surface area contributed by atoms with Gasteiger partial charge in [-0.3, -0.25) is 0 Å². The van der Waals surface area contributed by atoms with Crippen LogP contribution in [0, 0.1) is 12.3 Å². The summed E-state index contributed by atoms with van der Waals surface area (Å²) in [5, 5.41) is 14.2. The average molecular weight is 553 g/mol. The Kier molecular flexibility index (Phi) is 10.2. The predicted molar refractivity (Wildman–Crippen MR) is 121 cm³/mol. The second kappa shape index (κ2) is 12.7. The molecule has 2 N–H and O–H groups in total. The topological polar surface area (TPSA) is 129 Å². The molecule has 210 valence electrons. The minimum Gasteiger partial charge on any atom is -0.475 e. The average Bonchev–Trinajstić information content (AvgIpc) is 3.14. The van der Waals surface area contributed by atoms with Crippen LogP contribution in [-0.4, -0.2) is 88.8 Å². The van der Waals surface area contributed by atoms with Crippen LogP contribution in [0.2, 0.25) is 0 Å². The lowest BCUT2D eigenvalue weighted by atomic mass is 9.87. The summed E-state index contributed by atoms with van der Waals surface area (Å²) in [5.74, 6) is -3.65. The van der Waals surface area contributed by atoms with Crippen molar-refractivity contribution in [2.75, 3.05) is 49.2 Å². The Morgan fingerprint density at radius 2 is 1.47 bits per heavy atom. The van der Waals surface area contributed by atoms with Crippen molar-refractivity contribution in [2.45, 2.75) is 25.7 Å². The maximum atomic E-state index is 10.6. The lowest BCUT2D eigenvalue weighted by Gasteiger charge is -2.32. The second-order valence-corrected chi connectivity index (χ2v) is 8.50. The molecular formula is C22H25F6N5O5. The first-order valence-corrected chi connectivity index (χ1v) is 11.0. The fourth-order valence-corrected chi connectivity index (χ4v) is 3.63. The molecule has 2 aromatic rings. The van der Waals surface area contributed by atoms with E-state index >= 15 is 0 Å². The zero-order chi connectivity index (χ0) is 28.6. The van der Waals surface area contributed by atoms with Gasteiger partial charge in [-0.2, -0.15) is 26.3 Å². The molecule has 2 fully saturated rings. The third-order valence-electron chi connectivity index (χ3n) is 5.39. The van der Waals surface area contributed by atoms with E-state index in [9.17, 15) is 26.3 Å². The van der Waals surface area contributed by atoms with Crippen LogP contribution in [0.25, 0.3) is 0 Å². The van der Waals surface area contributed by atoms with E-state index in [0.717, 1.165) is 63.1 Å². The molecule has 10 nitrogen and oxygen atoms in total. The van der Waals surface area contributed by atoms with E-state index in [1.54, 1.807) is 0 Å². The maximum absolute atomic E-state index is 10.6. The monoisotopic (exact) mass is 553 g/mol. The highest BCUT2D eigenvalue weighted by molar-refractivity contribution is 5.73. The molecule has 2 saturated heterocycles. The standard InChI is InChI=1S/C18H23N5O.2C2HF3O2/c1-15-10-20-17(21-11-15)23-8-9-24-14-18(13-23)5-7-22(12-18)16-4-2-3-6-19-16;2*3-2(4,5)1(6)7/h2-4,6,10-11H,5,7-9,12-14H2,1H3;2*(H,6,7). The van der Waals surface area contributed by atoms with Gasteiger partial charge < -0.3 is 24.7 Å². The minimum absolute atomic E-state index is 0.113. The Labute approximate surface area is 212 Å². The number of aromatic nitrogens is 3. The molecule has 2 aromatic heterocycles. The fourth-order valence-electron chi connectivity index (χ4n) is 3.63. The number of pyridine rings is 1. The van der Waals surface area contributed by atoms with Crippen LogP contribution in [0.4, 0.5) is 38.1 Å². The Balaban J connectivity index is 0.000000301. The van der Waals surface area contributed by atoms with Gasteiger partial charge in [0.05, 0.1) is 13.2 Å². The zero-order valence-electron chi connectivity index (χ0n) is 20.0. The SMILES string of the molecule is Cc1cnc(N2CCOCC3(CCN(c4ccccn4)C3)C2)nc1.O=C(O)C(F)(F)F.O=C(O)C(F)(F)F. The van der Waals surface area contributed by atoms with E-state index in [-0.39, 0.29) is 5.41 Å². The smallest absolute Gasteiger partial charge is 0.475 e. The third-order valence-corrected chi connectivity index (χ3v) is 5.39. The molecule has 0 radical (unpaired) electrons. The molecule has 16 heteroatoms. The number of ether oxygens (including phenoxy) is 1. The van der Waals surface area contributed by atoms with Gasteiger partial charge in [-0.05, 0) is 31.0 Å². The lowest BCUT2D eigenvalue weighted by molar-refractivity contribution is -0.193. The molecule has 0 amide bonds. The van der Waals surface area contributed by atoms with Gasteiger partial charge in [0.1, 0.15) is 5.82 Å². The first kappa shape index (κ1) is 30.5. The van der Waals surface area contributed by atoms with Crippen molar-refractivity contribution in [3.63, 3.8) is 0 Å². The molecule has 1 unspecified atom stereocenters. The van der Waals surface area contributed by atoms with Gasteiger partial charge in [0.2, 0.25) is 5.95 Å². The van der Waals surface area contributed by atoms with Crippen LogP contribution < -0.4 is 9.80 Å². The molecular weight excluding hydrogens is 528 g/mol. The molecule has 4 rings (SSSR count). The number of carboxylic acids is 2. The summed E-state index contributed by atoms with van der Waals surface area (Å²) in [4.78, 5) is 35.9. The molecule has 4 heterocycles. The maximum Gasteiger partial charge on any atom is 0.490 e. The van der Waals surface area contributed by atoms with Crippen molar-refractivity contribution < 1.29 is 50.9 Å². The van der Waals surface area contributed by atoms with E-state index in [4.69, 9.17) is 24.5 Å². The first-order chi connectivity index (χ1) is 17.6. The Morgan fingerprint density at radius 3 is 1.97 bits per heavy atom. The van der Waals surface area contributed by atoms with Gasteiger partial charge in [-0.1, -0.05) is 6.07 Å². The number of nitrogens with zero attached hydrogens (tertiary/aromatic N) is 5. The van der Waals surface area contributed by atoms with E-state index in [1.165, 1.54) is 0 Å². The lowest BCUT2D eigenvalue weighted by Crippen LogP contribution is -2.41. The number of carboxylic acid groups (broad SMARTS) is 2. The van der Waals surface area contributed by atoms with Crippen LogP contribution in [0.1, 0.15) is 12.0 Å². The highest BCUT2D eigenvalue weighted by Crippen LogP contribution is 2.36. The number of alkyl halides is 6. The number of aryl methyl sites for hydroxylation is 1. The second-order valence-electron chi connectivity index (χ2n) is 8.50. The molecule has 0 aromatic carbocycles. The van der Waals surface area contributed by atoms with Gasteiger partial charge in [0.15, 0.2) is 0 Å². The van der Waals surface area contributed by atoms with Crippen molar-refractivity contribution in [3.8, 4) is 0 Å².